The number of carbonyl (C=O) groups excluding carboxylic acids is 1. The molecule has 0 rings (SSSR count). The van der Waals surface area contributed by atoms with Gasteiger partial charge < -0.3 is 15.3 Å². The van der Waals surface area contributed by atoms with E-state index < -0.39 is 11.4 Å². The third-order valence-electron chi connectivity index (χ3n) is 4.11. The second kappa shape index (κ2) is 8.02. The third kappa shape index (κ3) is 4.40. The first kappa shape index (κ1) is 17.7. The van der Waals surface area contributed by atoms with Crippen LogP contribution in [0.15, 0.2) is 0 Å². The molecule has 0 aliphatic carbocycles. The van der Waals surface area contributed by atoms with Gasteiger partial charge in [-0.3, -0.25) is 4.79 Å². The quantitative estimate of drug-likeness (QED) is 0.713. The van der Waals surface area contributed by atoms with E-state index in [0.717, 1.165) is 6.42 Å². The number of nitrogens with zero attached hydrogens (tertiary/aromatic N) is 1. The van der Waals surface area contributed by atoms with Crippen LogP contribution in [0.2, 0.25) is 0 Å². The van der Waals surface area contributed by atoms with E-state index in [2.05, 4.69) is 5.32 Å². The Kier molecular flexibility index (Phi) is 7.49. The van der Waals surface area contributed by atoms with Gasteiger partial charge in [-0.25, -0.2) is 4.79 Å². The molecule has 0 aromatic carbocycles. The van der Waals surface area contributed by atoms with Crippen LogP contribution in [0.4, 0.5) is 4.79 Å². The topological polar surface area (TPSA) is 69.6 Å². The molecule has 0 aliphatic rings. The van der Waals surface area contributed by atoms with Crippen molar-refractivity contribution in [3.63, 3.8) is 0 Å². The number of hydrogen-bond donors (Lipinski definition) is 2. The summed E-state index contributed by atoms with van der Waals surface area (Å²) in [6.07, 6.45) is 1.90. The van der Waals surface area contributed by atoms with Crippen molar-refractivity contribution in [2.24, 2.45) is 5.41 Å². The lowest BCUT2D eigenvalue weighted by Crippen LogP contribution is -2.49. The van der Waals surface area contributed by atoms with Gasteiger partial charge in [0.2, 0.25) is 0 Å². The number of aliphatic carboxylic acids is 1. The number of carbonyl (C=O) groups is 2. The van der Waals surface area contributed by atoms with Crippen molar-refractivity contribution < 1.29 is 14.7 Å². The maximum atomic E-state index is 12.1. The van der Waals surface area contributed by atoms with E-state index >= 15 is 0 Å². The van der Waals surface area contributed by atoms with E-state index in [0.29, 0.717) is 19.4 Å². The number of carboxylic acids is 1. The zero-order chi connectivity index (χ0) is 15.1. The van der Waals surface area contributed by atoms with Crippen molar-refractivity contribution >= 4 is 12.0 Å². The Bertz CT molecular complexity index is 301. The van der Waals surface area contributed by atoms with Gasteiger partial charge in [-0.15, -0.1) is 0 Å². The Morgan fingerprint density at radius 3 is 2.05 bits per heavy atom. The van der Waals surface area contributed by atoms with Gasteiger partial charge in [-0.05, 0) is 33.1 Å². The van der Waals surface area contributed by atoms with E-state index in [1.54, 1.807) is 4.90 Å². The summed E-state index contributed by atoms with van der Waals surface area (Å²) >= 11 is 0. The highest BCUT2D eigenvalue weighted by molar-refractivity contribution is 5.78. The van der Waals surface area contributed by atoms with Crippen molar-refractivity contribution in [1.82, 2.24) is 10.2 Å². The van der Waals surface area contributed by atoms with Crippen LogP contribution in [0.3, 0.4) is 0 Å². The van der Waals surface area contributed by atoms with Crippen LogP contribution in [-0.4, -0.2) is 41.1 Å². The Morgan fingerprint density at radius 1 is 1.21 bits per heavy atom. The standard InChI is InChI=1S/C14H28N2O3/c1-6-11(5)16(9-4)13(19)15-10-14(7-2,8-3)12(17)18/h11H,6-10H2,1-5H3,(H,15,19)(H,17,18). The lowest BCUT2D eigenvalue weighted by Gasteiger charge is -2.31. The van der Waals surface area contributed by atoms with Gasteiger partial charge in [0.1, 0.15) is 0 Å². The van der Waals surface area contributed by atoms with Gasteiger partial charge in [0.15, 0.2) is 0 Å². The predicted molar refractivity (Wildman–Crippen MR) is 76.2 cm³/mol. The van der Waals surface area contributed by atoms with Gasteiger partial charge >= 0.3 is 12.0 Å². The first-order valence-electron chi connectivity index (χ1n) is 7.16. The van der Waals surface area contributed by atoms with Gasteiger partial charge in [-0.1, -0.05) is 20.8 Å². The number of nitrogens with one attached hydrogen (secondary N) is 1. The molecule has 0 radical (unpaired) electrons. The lowest BCUT2D eigenvalue weighted by atomic mass is 9.82. The predicted octanol–water partition coefficient (Wildman–Crippen LogP) is 2.71. The Hall–Kier alpha value is -1.26. The molecule has 0 aromatic heterocycles. The van der Waals surface area contributed by atoms with Crippen LogP contribution in [0.25, 0.3) is 0 Å². The fraction of sp³-hybridized carbons (Fsp3) is 0.857. The van der Waals surface area contributed by atoms with E-state index in [9.17, 15) is 14.7 Å². The van der Waals surface area contributed by atoms with Crippen molar-refractivity contribution in [2.75, 3.05) is 13.1 Å². The normalized spacial score (nSPS) is 12.9. The van der Waals surface area contributed by atoms with Gasteiger partial charge in [0.25, 0.3) is 0 Å². The molecule has 112 valence electrons. The second-order valence-electron chi connectivity index (χ2n) is 4.99. The minimum absolute atomic E-state index is 0.160. The monoisotopic (exact) mass is 272 g/mol. The van der Waals surface area contributed by atoms with E-state index in [1.807, 2.05) is 34.6 Å². The Balaban J connectivity index is 4.68. The molecule has 1 atom stereocenters. The summed E-state index contributed by atoms with van der Waals surface area (Å²) in [4.78, 5) is 25.2. The summed E-state index contributed by atoms with van der Waals surface area (Å²) in [6.45, 7) is 10.4. The molecule has 0 saturated carbocycles. The van der Waals surface area contributed by atoms with Crippen LogP contribution < -0.4 is 5.32 Å². The van der Waals surface area contributed by atoms with Crippen LogP contribution in [0.1, 0.15) is 53.9 Å². The van der Waals surface area contributed by atoms with E-state index in [1.165, 1.54) is 0 Å². The fourth-order valence-corrected chi connectivity index (χ4v) is 2.10. The summed E-state index contributed by atoms with van der Waals surface area (Å²) in [6, 6.07) is -0.0168. The molecule has 5 nitrogen and oxygen atoms in total. The first-order chi connectivity index (χ1) is 8.88. The van der Waals surface area contributed by atoms with Crippen molar-refractivity contribution in [3.8, 4) is 0 Å². The highest BCUT2D eigenvalue weighted by atomic mass is 16.4. The smallest absolute Gasteiger partial charge is 0.317 e. The minimum atomic E-state index is -0.857. The van der Waals surface area contributed by atoms with Crippen LogP contribution in [0.5, 0.6) is 0 Å². The fourth-order valence-electron chi connectivity index (χ4n) is 2.10. The molecule has 0 fully saturated rings. The molecule has 5 heteroatoms. The summed E-state index contributed by atoms with van der Waals surface area (Å²) in [5, 5.41) is 12.1. The number of hydrogen-bond acceptors (Lipinski definition) is 2. The van der Waals surface area contributed by atoms with Crippen LogP contribution in [0, 0.1) is 5.41 Å². The molecule has 0 aromatic rings. The van der Waals surface area contributed by atoms with Crippen molar-refractivity contribution in [2.45, 2.75) is 59.9 Å². The zero-order valence-corrected chi connectivity index (χ0v) is 12.8. The summed E-state index contributed by atoms with van der Waals surface area (Å²) in [5.41, 5.74) is -0.857. The average molecular weight is 272 g/mol. The maximum Gasteiger partial charge on any atom is 0.317 e. The summed E-state index contributed by atoms with van der Waals surface area (Å²) in [7, 11) is 0. The molecule has 0 aliphatic heterocycles. The van der Waals surface area contributed by atoms with Crippen LogP contribution in [-0.2, 0) is 4.79 Å². The molecule has 0 bridgehead atoms. The second-order valence-corrected chi connectivity index (χ2v) is 4.99. The SMILES string of the molecule is CCC(C)N(CC)C(=O)NCC(CC)(CC)C(=O)O. The highest BCUT2D eigenvalue weighted by Gasteiger charge is 2.35. The molecule has 19 heavy (non-hydrogen) atoms. The molecular formula is C14H28N2O3. The molecule has 0 saturated heterocycles. The number of urea groups is 1. The zero-order valence-electron chi connectivity index (χ0n) is 12.8. The summed E-state index contributed by atoms with van der Waals surface area (Å²) in [5.74, 6) is -0.843. The van der Waals surface area contributed by atoms with Crippen molar-refractivity contribution in [3.05, 3.63) is 0 Å². The van der Waals surface area contributed by atoms with Gasteiger partial charge in [-0.2, -0.15) is 0 Å². The Morgan fingerprint density at radius 2 is 1.74 bits per heavy atom. The third-order valence-corrected chi connectivity index (χ3v) is 4.11. The summed E-state index contributed by atoms with van der Waals surface area (Å²) < 4.78 is 0. The molecule has 0 spiro atoms. The highest BCUT2D eigenvalue weighted by Crippen LogP contribution is 2.25. The molecule has 1 unspecified atom stereocenters. The molecule has 2 amide bonds. The van der Waals surface area contributed by atoms with Gasteiger partial charge in [0.05, 0.1) is 5.41 Å². The van der Waals surface area contributed by atoms with Gasteiger partial charge in [0, 0.05) is 19.1 Å². The van der Waals surface area contributed by atoms with E-state index in [4.69, 9.17) is 0 Å². The van der Waals surface area contributed by atoms with E-state index in [-0.39, 0.29) is 18.6 Å². The maximum absolute atomic E-state index is 12.1. The average Bonchev–Trinajstić information content (AvgIpc) is 2.40. The van der Waals surface area contributed by atoms with Crippen LogP contribution >= 0.6 is 0 Å². The first-order valence-corrected chi connectivity index (χ1v) is 7.16. The largest absolute Gasteiger partial charge is 0.481 e. The Labute approximate surface area is 116 Å². The molecule has 0 heterocycles. The minimum Gasteiger partial charge on any atom is -0.481 e. The molecule has 2 N–H and O–H groups in total. The molecular weight excluding hydrogens is 244 g/mol. The lowest BCUT2D eigenvalue weighted by molar-refractivity contribution is -0.149. The number of carboxylic acid groups (broad SMARTS) is 1. The van der Waals surface area contributed by atoms with Crippen molar-refractivity contribution in [1.29, 1.82) is 0 Å². The number of amides is 2. The number of rotatable bonds is 8.